The molecule has 1 aliphatic heterocycles. The summed E-state index contributed by atoms with van der Waals surface area (Å²) in [6.07, 6.45) is 1.77. The number of rotatable bonds is 6. The second-order valence-electron chi connectivity index (χ2n) is 5.30. The Hall–Kier alpha value is -0.470. The van der Waals surface area contributed by atoms with Crippen molar-refractivity contribution in [3.05, 3.63) is 17.0 Å². The van der Waals surface area contributed by atoms with E-state index < -0.39 is 10.0 Å². The molecule has 2 rings (SSSR count). The fourth-order valence-electron chi connectivity index (χ4n) is 2.28. The average Bonchev–Trinajstić information content (AvgIpc) is 2.81. The molecule has 1 unspecified atom stereocenters. The van der Waals surface area contributed by atoms with Crippen LogP contribution >= 0.6 is 11.3 Å². The van der Waals surface area contributed by atoms with E-state index in [0.29, 0.717) is 23.9 Å². The third-order valence-electron chi connectivity index (χ3n) is 3.37. The lowest BCUT2D eigenvalue weighted by Gasteiger charge is -2.20. The zero-order valence-corrected chi connectivity index (χ0v) is 14.3. The summed E-state index contributed by atoms with van der Waals surface area (Å²) in [5, 5.41) is 3.29. The third-order valence-corrected chi connectivity index (χ3v) is 6.79. The van der Waals surface area contributed by atoms with Gasteiger partial charge in [0.15, 0.2) is 0 Å². The third kappa shape index (κ3) is 4.50. The number of hydrogen-bond donors (Lipinski definition) is 1. The first-order chi connectivity index (χ1) is 10.0. The summed E-state index contributed by atoms with van der Waals surface area (Å²) in [6, 6.07) is 3.62. The summed E-state index contributed by atoms with van der Waals surface area (Å²) in [6.45, 7) is 7.30. The Bertz CT molecular complexity index is 542. The summed E-state index contributed by atoms with van der Waals surface area (Å²) >= 11 is 1.36. The lowest BCUT2D eigenvalue weighted by molar-refractivity contribution is 0.0752. The fourth-order valence-corrected chi connectivity index (χ4v) is 5.32. The van der Waals surface area contributed by atoms with Gasteiger partial charge in [-0.25, -0.2) is 8.42 Å². The molecule has 0 amide bonds. The molecule has 0 aromatic carbocycles. The van der Waals surface area contributed by atoms with Crippen LogP contribution in [0.3, 0.4) is 0 Å². The minimum atomic E-state index is -3.38. The highest BCUT2D eigenvalue weighted by atomic mass is 32.2. The van der Waals surface area contributed by atoms with Crippen molar-refractivity contribution in [1.29, 1.82) is 0 Å². The first-order valence-corrected chi connectivity index (χ1v) is 9.71. The van der Waals surface area contributed by atoms with Crippen molar-refractivity contribution in [1.82, 2.24) is 9.62 Å². The monoisotopic (exact) mass is 332 g/mol. The van der Waals surface area contributed by atoms with Crippen molar-refractivity contribution in [2.45, 2.75) is 43.5 Å². The molecule has 120 valence electrons. The molecule has 0 radical (unpaired) electrons. The molecule has 0 saturated carbocycles. The molecule has 1 aromatic rings. The lowest BCUT2D eigenvalue weighted by Crippen LogP contribution is -2.35. The van der Waals surface area contributed by atoms with Gasteiger partial charge in [-0.1, -0.05) is 6.92 Å². The van der Waals surface area contributed by atoms with Crippen LogP contribution < -0.4 is 5.32 Å². The molecule has 2 heterocycles. The normalized spacial score (nSPS) is 21.3. The summed E-state index contributed by atoms with van der Waals surface area (Å²) in [4.78, 5) is 1.06. The van der Waals surface area contributed by atoms with Gasteiger partial charge in [-0.3, -0.25) is 0 Å². The van der Waals surface area contributed by atoms with Gasteiger partial charge in [0.1, 0.15) is 4.21 Å². The topological polar surface area (TPSA) is 58.6 Å². The molecule has 0 aliphatic carbocycles. The highest BCUT2D eigenvalue weighted by Crippen LogP contribution is 2.26. The van der Waals surface area contributed by atoms with Crippen LogP contribution in [0.4, 0.5) is 0 Å². The first kappa shape index (κ1) is 16.9. The van der Waals surface area contributed by atoms with Crippen molar-refractivity contribution in [2.75, 3.05) is 26.2 Å². The van der Waals surface area contributed by atoms with Crippen LogP contribution in [-0.4, -0.2) is 45.1 Å². The van der Waals surface area contributed by atoms with E-state index in [1.165, 1.54) is 11.3 Å². The summed E-state index contributed by atoms with van der Waals surface area (Å²) < 4.78 is 32.9. The number of nitrogens with one attached hydrogen (secondary N) is 1. The molecule has 1 aliphatic rings. The van der Waals surface area contributed by atoms with Crippen molar-refractivity contribution < 1.29 is 13.2 Å². The highest BCUT2D eigenvalue weighted by Gasteiger charge is 2.29. The predicted octanol–water partition coefficient (Wildman–Crippen LogP) is 2.05. The molecule has 0 bridgehead atoms. The molecule has 0 spiro atoms. The quantitative estimate of drug-likeness (QED) is 0.810. The molecular formula is C14H24N2O3S2. The van der Waals surface area contributed by atoms with Crippen molar-refractivity contribution in [2.24, 2.45) is 0 Å². The first-order valence-electron chi connectivity index (χ1n) is 7.45. The van der Waals surface area contributed by atoms with Gasteiger partial charge in [0.05, 0.1) is 6.10 Å². The minimum absolute atomic E-state index is 0.0482. The maximum atomic E-state index is 12.7. The Morgan fingerprint density at radius 2 is 2.29 bits per heavy atom. The SMILES string of the molecule is CCCNCc1ccc(S(=O)(=O)N2CCCOC(C)C2)s1. The van der Waals surface area contributed by atoms with Crippen LogP contribution in [0, 0.1) is 0 Å². The van der Waals surface area contributed by atoms with Crippen molar-refractivity contribution in [3.63, 3.8) is 0 Å². The van der Waals surface area contributed by atoms with E-state index in [2.05, 4.69) is 12.2 Å². The molecule has 7 heteroatoms. The van der Waals surface area contributed by atoms with E-state index in [1.54, 1.807) is 10.4 Å². The summed E-state index contributed by atoms with van der Waals surface area (Å²) in [7, 11) is -3.38. The zero-order chi connectivity index (χ0) is 15.3. The molecule has 1 fully saturated rings. The number of ether oxygens (including phenoxy) is 1. The van der Waals surface area contributed by atoms with E-state index in [1.807, 2.05) is 13.0 Å². The van der Waals surface area contributed by atoms with Crippen LogP contribution in [0.2, 0.25) is 0 Å². The molecule has 5 nitrogen and oxygen atoms in total. The largest absolute Gasteiger partial charge is 0.377 e. The number of thiophene rings is 1. The van der Waals surface area contributed by atoms with Gasteiger partial charge in [-0.15, -0.1) is 11.3 Å². The molecule has 1 N–H and O–H groups in total. The van der Waals surface area contributed by atoms with Crippen LogP contribution in [-0.2, 0) is 21.3 Å². The fraction of sp³-hybridized carbons (Fsp3) is 0.714. The van der Waals surface area contributed by atoms with Crippen LogP contribution in [0.25, 0.3) is 0 Å². The van der Waals surface area contributed by atoms with E-state index in [-0.39, 0.29) is 6.10 Å². The molecule has 1 aromatic heterocycles. The van der Waals surface area contributed by atoms with Crippen LogP contribution in [0.15, 0.2) is 16.3 Å². The Balaban J connectivity index is 2.08. The molecule has 21 heavy (non-hydrogen) atoms. The Morgan fingerprint density at radius 3 is 3.05 bits per heavy atom. The van der Waals surface area contributed by atoms with Gasteiger partial charge < -0.3 is 10.1 Å². The summed E-state index contributed by atoms with van der Waals surface area (Å²) in [5.74, 6) is 0. The Kier molecular flexibility index (Phi) is 6.19. The Labute approximate surface area is 131 Å². The highest BCUT2D eigenvalue weighted by molar-refractivity contribution is 7.91. The predicted molar refractivity (Wildman–Crippen MR) is 85.1 cm³/mol. The average molecular weight is 332 g/mol. The Morgan fingerprint density at radius 1 is 1.48 bits per heavy atom. The second kappa shape index (κ2) is 7.69. The van der Waals surface area contributed by atoms with E-state index in [9.17, 15) is 8.42 Å². The standard InChI is InChI=1S/C14H24N2O3S2/c1-3-7-15-10-13-5-6-14(20-13)21(17,18)16-8-4-9-19-12(2)11-16/h5-6,12,15H,3-4,7-11H2,1-2H3. The van der Waals surface area contributed by atoms with Gasteiger partial charge in [0.25, 0.3) is 10.0 Å². The number of nitrogens with zero attached hydrogens (tertiary/aromatic N) is 1. The van der Waals surface area contributed by atoms with E-state index in [0.717, 1.165) is 30.8 Å². The lowest BCUT2D eigenvalue weighted by atomic mass is 10.4. The van der Waals surface area contributed by atoms with Gasteiger partial charge in [-0.05, 0) is 38.4 Å². The van der Waals surface area contributed by atoms with Gasteiger partial charge in [-0.2, -0.15) is 4.31 Å². The summed E-state index contributed by atoms with van der Waals surface area (Å²) in [5.41, 5.74) is 0. The zero-order valence-electron chi connectivity index (χ0n) is 12.7. The van der Waals surface area contributed by atoms with E-state index >= 15 is 0 Å². The van der Waals surface area contributed by atoms with Crippen molar-refractivity contribution >= 4 is 21.4 Å². The maximum absolute atomic E-state index is 12.7. The molecule has 1 saturated heterocycles. The smallest absolute Gasteiger partial charge is 0.252 e. The minimum Gasteiger partial charge on any atom is -0.377 e. The number of hydrogen-bond acceptors (Lipinski definition) is 5. The molecule has 1 atom stereocenters. The van der Waals surface area contributed by atoms with Gasteiger partial charge in [0, 0.05) is 31.1 Å². The number of sulfonamides is 1. The van der Waals surface area contributed by atoms with Gasteiger partial charge in [0.2, 0.25) is 0 Å². The van der Waals surface area contributed by atoms with Crippen LogP contribution in [0.1, 0.15) is 31.6 Å². The van der Waals surface area contributed by atoms with Gasteiger partial charge >= 0.3 is 0 Å². The van der Waals surface area contributed by atoms with E-state index in [4.69, 9.17) is 4.74 Å². The van der Waals surface area contributed by atoms with Crippen LogP contribution in [0.5, 0.6) is 0 Å². The second-order valence-corrected chi connectivity index (χ2v) is 8.63. The van der Waals surface area contributed by atoms with Crippen molar-refractivity contribution in [3.8, 4) is 0 Å². The maximum Gasteiger partial charge on any atom is 0.252 e. The molecular weight excluding hydrogens is 308 g/mol.